The molecule has 1 aliphatic heterocycles. The van der Waals surface area contributed by atoms with Crippen molar-refractivity contribution in [2.45, 2.75) is 25.8 Å². The van der Waals surface area contributed by atoms with Crippen molar-refractivity contribution in [2.75, 3.05) is 13.6 Å². The molecule has 1 aromatic heterocycles. The third-order valence-corrected chi connectivity index (χ3v) is 4.00. The molecule has 90 valence electrons. The summed E-state index contributed by atoms with van der Waals surface area (Å²) < 4.78 is 0. The van der Waals surface area contributed by atoms with Gasteiger partial charge in [-0.1, -0.05) is 6.07 Å². The second-order valence-corrected chi connectivity index (χ2v) is 5.09. The number of phenolic OH excluding ortho intramolecular Hbond substituents is 1. The molecule has 3 heteroatoms. The Balaban J connectivity index is 2.02. The van der Waals surface area contributed by atoms with Gasteiger partial charge in [0.15, 0.2) is 0 Å². The number of aromatic hydroxyl groups is 1. The highest BCUT2D eigenvalue weighted by Crippen LogP contribution is 2.32. The fraction of sp³-hybridized carbons (Fsp3) is 0.429. The number of aryl methyl sites for hydroxylation is 1. The van der Waals surface area contributed by atoms with Crippen LogP contribution in [0.2, 0.25) is 0 Å². The highest BCUT2D eigenvalue weighted by molar-refractivity contribution is 5.91. The number of nitrogens with zero attached hydrogens (tertiary/aromatic N) is 1. The molecule has 3 rings (SSSR count). The molecule has 0 spiro atoms. The molecule has 0 bridgehead atoms. The summed E-state index contributed by atoms with van der Waals surface area (Å²) in [6.45, 7) is 3.26. The lowest BCUT2D eigenvalue weighted by atomic mass is 9.95. The van der Waals surface area contributed by atoms with Crippen molar-refractivity contribution in [3.05, 3.63) is 29.5 Å². The molecule has 0 aliphatic carbocycles. The Bertz CT molecular complexity index is 559. The highest BCUT2D eigenvalue weighted by Gasteiger charge is 2.25. The molecule has 2 aromatic rings. The van der Waals surface area contributed by atoms with Gasteiger partial charge in [-0.15, -0.1) is 0 Å². The molecule has 1 saturated heterocycles. The third kappa shape index (κ3) is 1.62. The monoisotopic (exact) mass is 230 g/mol. The molecule has 3 nitrogen and oxygen atoms in total. The Morgan fingerprint density at radius 2 is 2.29 bits per heavy atom. The van der Waals surface area contributed by atoms with Crippen molar-refractivity contribution in [1.82, 2.24) is 9.88 Å². The molecule has 0 radical (unpaired) electrons. The van der Waals surface area contributed by atoms with Gasteiger partial charge >= 0.3 is 0 Å². The number of aromatic nitrogens is 1. The number of aromatic amines is 1. The zero-order valence-corrected chi connectivity index (χ0v) is 10.3. The van der Waals surface area contributed by atoms with Gasteiger partial charge in [0, 0.05) is 17.6 Å². The first kappa shape index (κ1) is 10.7. The second-order valence-electron chi connectivity index (χ2n) is 5.09. The Labute approximate surface area is 101 Å². The van der Waals surface area contributed by atoms with Crippen LogP contribution in [-0.2, 0) is 6.42 Å². The number of likely N-dealkylation sites (tertiary alicyclic amines) is 1. The summed E-state index contributed by atoms with van der Waals surface area (Å²) in [7, 11) is 2.16. The van der Waals surface area contributed by atoms with Crippen LogP contribution in [0.25, 0.3) is 10.9 Å². The first-order chi connectivity index (χ1) is 8.16. The van der Waals surface area contributed by atoms with Gasteiger partial charge in [0.25, 0.3) is 0 Å². The van der Waals surface area contributed by atoms with E-state index in [-0.39, 0.29) is 0 Å². The van der Waals surface area contributed by atoms with Gasteiger partial charge in [-0.3, -0.25) is 0 Å². The molecule has 0 saturated carbocycles. The number of benzene rings is 1. The maximum Gasteiger partial charge on any atom is 0.125 e. The smallest absolute Gasteiger partial charge is 0.125 e. The Morgan fingerprint density at radius 3 is 2.94 bits per heavy atom. The average molecular weight is 230 g/mol. The summed E-state index contributed by atoms with van der Waals surface area (Å²) >= 11 is 0. The zero-order chi connectivity index (χ0) is 12.0. The predicted molar refractivity (Wildman–Crippen MR) is 69.4 cm³/mol. The first-order valence-corrected chi connectivity index (χ1v) is 6.15. The number of H-pyrrole nitrogens is 1. The number of hydrogen-bond acceptors (Lipinski definition) is 2. The Kier molecular flexibility index (Phi) is 2.37. The largest absolute Gasteiger partial charge is 0.507 e. The highest BCUT2D eigenvalue weighted by atomic mass is 16.3. The second kappa shape index (κ2) is 3.77. The molecular formula is C14H18N2O. The van der Waals surface area contributed by atoms with Crippen molar-refractivity contribution in [3.8, 4) is 5.75 Å². The summed E-state index contributed by atoms with van der Waals surface area (Å²) in [6, 6.07) is 4.38. The van der Waals surface area contributed by atoms with E-state index in [4.69, 9.17) is 0 Å². The summed E-state index contributed by atoms with van der Waals surface area (Å²) in [5.74, 6) is 0.392. The minimum Gasteiger partial charge on any atom is -0.507 e. The van der Waals surface area contributed by atoms with Gasteiger partial charge in [-0.05, 0) is 50.6 Å². The SMILES string of the molecule is Cc1ccc(O)c2c(C[C@H]3CCN3C)c[nH]c12. The van der Waals surface area contributed by atoms with Gasteiger partial charge in [-0.2, -0.15) is 0 Å². The normalized spacial score (nSPS) is 20.7. The topological polar surface area (TPSA) is 39.3 Å². The molecule has 17 heavy (non-hydrogen) atoms. The number of fused-ring (bicyclic) bond motifs is 1. The van der Waals surface area contributed by atoms with Crippen LogP contribution >= 0.6 is 0 Å². The molecule has 1 fully saturated rings. The maximum absolute atomic E-state index is 10.0. The standard InChI is InChI=1S/C14H18N2O/c1-9-3-4-12(17)13-10(8-15-14(9)13)7-11-5-6-16(11)2/h3-4,8,11,15,17H,5-7H2,1-2H3/t11-/m1/s1. The lowest BCUT2D eigenvalue weighted by molar-refractivity contribution is 0.127. The van der Waals surface area contributed by atoms with E-state index in [1.165, 1.54) is 24.1 Å². The molecule has 1 atom stereocenters. The zero-order valence-electron chi connectivity index (χ0n) is 10.3. The summed E-state index contributed by atoms with van der Waals surface area (Å²) in [5, 5.41) is 11.0. The minimum atomic E-state index is 0.392. The molecule has 0 unspecified atom stereocenters. The lowest BCUT2D eigenvalue weighted by Crippen LogP contribution is -2.45. The van der Waals surface area contributed by atoms with E-state index in [1.807, 2.05) is 12.3 Å². The van der Waals surface area contributed by atoms with Crippen LogP contribution in [0.3, 0.4) is 0 Å². The summed E-state index contributed by atoms with van der Waals surface area (Å²) in [4.78, 5) is 5.65. The molecule has 2 heterocycles. The van der Waals surface area contributed by atoms with Crippen molar-refractivity contribution < 1.29 is 5.11 Å². The van der Waals surface area contributed by atoms with Crippen molar-refractivity contribution in [3.63, 3.8) is 0 Å². The molecule has 1 aliphatic rings. The van der Waals surface area contributed by atoms with Gasteiger partial charge in [-0.25, -0.2) is 0 Å². The quantitative estimate of drug-likeness (QED) is 0.831. The number of hydrogen-bond donors (Lipinski definition) is 2. The van der Waals surface area contributed by atoms with Crippen LogP contribution in [0.4, 0.5) is 0 Å². The van der Waals surface area contributed by atoms with Gasteiger partial charge in [0.1, 0.15) is 5.75 Å². The van der Waals surface area contributed by atoms with E-state index in [2.05, 4.69) is 23.9 Å². The van der Waals surface area contributed by atoms with Gasteiger partial charge < -0.3 is 15.0 Å². The molecule has 1 aromatic carbocycles. The maximum atomic E-state index is 10.0. The molecule has 0 amide bonds. The van der Waals surface area contributed by atoms with Crippen molar-refractivity contribution in [1.29, 1.82) is 0 Å². The Morgan fingerprint density at radius 1 is 1.47 bits per heavy atom. The van der Waals surface area contributed by atoms with Crippen LogP contribution in [0.1, 0.15) is 17.5 Å². The average Bonchev–Trinajstić information content (AvgIpc) is 2.74. The number of phenols is 1. The fourth-order valence-corrected chi connectivity index (χ4v) is 2.68. The third-order valence-electron chi connectivity index (χ3n) is 4.00. The summed E-state index contributed by atoms with van der Waals surface area (Å²) in [5.41, 5.74) is 3.49. The van der Waals surface area contributed by atoms with Crippen LogP contribution in [-0.4, -0.2) is 34.6 Å². The molecular weight excluding hydrogens is 212 g/mol. The number of likely N-dealkylation sites (N-methyl/N-ethyl adjacent to an activating group) is 1. The van der Waals surface area contributed by atoms with Crippen LogP contribution in [0.5, 0.6) is 5.75 Å². The summed E-state index contributed by atoms with van der Waals surface area (Å²) in [6.07, 6.45) is 4.33. The minimum absolute atomic E-state index is 0.392. The van der Waals surface area contributed by atoms with E-state index < -0.39 is 0 Å². The predicted octanol–water partition coefficient (Wildman–Crippen LogP) is 2.43. The van der Waals surface area contributed by atoms with Crippen LogP contribution < -0.4 is 0 Å². The van der Waals surface area contributed by atoms with Gasteiger partial charge in [0.05, 0.1) is 5.52 Å². The van der Waals surface area contributed by atoms with E-state index >= 15 is 0 Å². The van der Waals surface area contributed by atoms with E-state index in [0.29, 0.717) is 11.8 Å². The van der Waals surface area contributed by atoms with Crippen molar-refractivity contribution >= 4 is 10.9 Å². The van der Waals surface area contributed by atoms with Crippen LogP contribution in [0.15, 0.2) is 18.3 Å². The van der Waals surface area contributed by atoms with E-state index in [1.54, 1.807) is 6.07 Å². The van der Waals surface area contributed by atoms with Crippen molar-refractivity contribution in [2.24, 2.45) is 0 Å². The first-order valence-electron chi connectivity index (χ1n) is 6.15. The van der Waals surface area contributed by atoms with Crippen LogP contribution in [0, 0.1) is 6.92 Å². The lowest BCUT2D eigenvalue weighted by Gasteiger charge is -2.37. The number of rotatable bonds is 2. The number of nitrogens with one attached hydrogen (secondary N) is 1. The Hall–Kier alpha value is -1.48. The molecule has 2 N–H and O–H groups in total. The van der Waals surface area contributed by atoms with E-state index in [9.17, 15) is 5.11 Å². The fourth-order valence-electron chi connectivity index (χ4n) is 2.68. The van der Waals surface area contributed by atoms with E-state index in [0.717, 1.165) is 17.3 Å². The van der Waals surface area contributed by atoms with Gasteiger partial charge in [0.2, 0.25) is 0 Å².